The van der Waals surface area contributed by atoms with E-state index in [4.69, 9.17) is 4.74 Å². The highest BCUT2D eigenvalue weighted by Crippen LogP contribution is 2.45. The van der Waals surface area contributed by atoms with Gasteiger partial charge in [-0.25, -0.2) is 0 Å². The summed E-state index contributed by atoms with van der Waals surface area (Å²) in [6, 6.07) is 10.6. The van der Waals surface area contributed by atoms with Gasteiger partial charge < -0.3 is 4.74 Å². The molecule has 4 atom stereocenters. The van der Waals surface area contributed by atoms with E-state index in [0.717, 1.165) is 5.92 Å². The SMILES string of the molecule is Br[C@@H]1CCC[C@H]2C[C@@H](c3ccccc3)O[C@H]21. The molecule has 16 heavy (non-hydrogen) atoms. The molecule has 2 fully saturated rings. The first-order valence-electron chi connectivity index (χ1n) is 6.19. The van der Waals surface area contributed by atoms with E-state index in [1.807, 2.05) is 0 Å². The lowest BCUT2D eigenvalue weighted by Crippen LogP contribution is -2.30. The highest BCUT2D eigenvalue weighted by atomic mass is 79.9. The minimum absolute atomic E-state index is 0.328. The van der Waals surface area contributed by atoms with Gasteiger partial charge in [-0.05, 0) is 30.7 Å². The van der Waals surface area contributed by atoms with Gasteiger partial charge >= 0.3 is 0 Å². The van der Waals surface area contributed by atoms with Crippen molar-refractivity contribution in [3.8, 4) is 0 Å². The molecule has 1 aliphatic heterocycles. The number of ether oxygens (including phenoxy) is 1. The Morgan fingerprint density at radius 3 is 2.69 bits per heavy atom. The van der Waals surface area contributed by atoms with Crippen LogP contribution in [0.5, 0.6) is 0 Å². The van der Waals surface area contributed by atoms with Gasteiger partial charge in [0.2, 0.25) is 0 Å². The number of hydrogen-bond acceptors (Lipinski definition) is 1. The van der Waals surface area contributed by atoms with E-state index in [1.165, 1.54) is 31.2 Å². The van der Waals surface area contributed by atoms with Crippen LogP contribution in [0, 0.1) is 5.92 Å². The Morgan fingerprint density at radius 1 is 1.12 bits per heavy atom. The molecule has 3 rings (SSSR count). The monoisotopic (exact) mass is 280 g/mol. The summed E-state index contributed by atoms with van der Waals surface area (Å²) < 4.78 is 6.22. The number of rotatable bonds is 1. The van der Waals surface area contributed by atoms with Crippen molar-refractivity contribution in [1.82, 2.24) is 0 Å². The Labute approximate surface area is 105 Å². The van der Waals surface area contributed by atoms with E-state index in [0.29, 0.717) is 17.0 Å². The Bertz CT molecular complexity index is 351. The normalized spacial score (nSPS) is 38.3. The zero-order valence-electron chi connectivity index (χ0n) is 9.31. The van der Waals surface area contributed by atoms with Crippen LogP contribution in [-0.2, 0) is 4.74 Å². The van der Waals surface area contributed by atoms with Gasteiger partial charge in [0.1, 0.15) is 0 Å². The highest BCUT2D eigenvalue weighted by Gasteiger charge is 2.41. The van der Waals surface area contributed by atoms with Crippen LogP contribution in [0.25, 0.3) is 0 Å². The smallest absolute Gasteiger partial charge is 0.0833 e. The van der Waals surface area contributed by atoms with Crippen molar-refractivity contribution >= 4 is 15.9 Å². The molecule has 0 unspecified atom stereocenters. The largest absolute Gasteiger partial charge is 0.369 e. The maximum absolute atomic E-state index is 6.22. The fourth-order valence-electron chi connectivity index (χ4n) is 3.05. The summed E-state index contributed by atoms with van der Waals surface area (Å²) >= 11 is 3.77. The minimum atomic E-state index is 0.328. The lowest BCUT2D eigenvalue weighted by molar-refractivity contribution is 0.0238. The first-order chi connectivity index (χ1) is 7.84. The van der Waals surface area contributed by atoms with Gasteiger partial charge in [-0.2, -0.15) is 0 Å². The first kappa shape index (κ1) is 10.8. The average Bonchev–Trinajstić information content (AvgIpc) is 2.76. The average molecular weight is 281 g/mol. The third-order valence-corrected chi connectivity index (χ3v) is 4.86. The summed E-state index contributed by atoms with van der Waals surface area (Å²) in [6.45, 7) is 0. The van der Waals surface area contributed by atoms with E-state index in [1.54, 1.807) is 0 Å². The molecule has 2 aliphatic rings. The lowest BCUT2D eigenvalue weighted by atomic mass is 9.85. The topological polar surface area (TPSA) is 9.23 Å². The maximum Gasteiger partial charge on any atom is 0.0833 e. The second-order valence-corrected chi connectivity index (χ2v) is 6.12. The Kier molecular flexibility index (Phi) is 3.03. The summed E-state index contributed by atoms with van der Waals surface area (Å²) in [7, 11) is 0. The predicted molar refractivity (Wildman–Crippen MR) is 68.7 cm³/mol. The van der Waals surface area contributed by atoms with Gasteiger partial charge in [0.25, 0.3) is 0 Å². The molecule has 1 saturated carbocycles. The van der Waals surface area contributed by atoms with Crippen molar-refractivity contribution in [2.24, 2.45) is 5.92 Å². The van der Waals surface area contributed by atoms with Crippen molar-refractivity contribution in [2.75, 3.05) is 0 Å². The maximum atomic E-state index is 6.22. The van der Waals surface area contributed by atoms with Crippen molar-refractivity contribution in [3.05, 3.63) is 35.9 Å². The molecule has 0 spiro atoms. The van der Waals surface area contributed by atoms with Crippen molar-refractivity contribution in [1.29, 1.82) is 0 Å². The van der Waals surface area contributed by atoms with Gasteiger partial charge in [-0.3, -0.25) is 0 Å². The molecule has 0 bridgehead atoms. The summed E-state index contributed by atoms with van der Waals surface area (Å²) in [4.78, 5) is 0.569. The second kappa shape index (κ2) is 4.50. The van der Waals surface area contributed by atoms with Gasteiger partial charge in [-0.15, -0.1) is 0 Å². The predicted octanol–water partition coefficient (Wildman–Crippen LogP) is 4.08. The molecule has 1 heterocycles. The molecule has 1 aromatic rings. The number of benzene rings is 1. The zero-order valence-corrected chi connectivity index (χ0v) is 10.9. The molecule has 0 radical (unpaired) electrons. The second-order valence-electron chi connectivity index (χ2n) is 4.94. The van der Waals surface area contributed by atoms with Crippen LogP contribution in [0.15, 0.2) is 30.3 Å². The quantitative estimate of drug-likeness (QED) is 0.705. The molecule has 0 aromatic heterocycles. The minimum Gasteiger partial charge on any atom is -0.369 e. The Balaban J connectivity index is 1.77. The lowest BCUT2D eigenvalue weighted by Gasteiger charge is -2.28. The molecule has 2 heteroatoms. The fourth-order valence-corrected chi connectivity index (χ4v) is 3.93. The molecule has 0 N–H and O–H groups in total. The zero-order chi connectivity index (χ0) is 11.0. The van der Waals surface area contributed by atoms with Crippen molar-refractivity contribution in [2.45, 2.75) is 42.7 Å². The Hall–Kier alpha value is -0.340. The third kappa shape index (κ3) is 1.93. The third-order valence-electron chi connectivity index (χ3n) is 3.89. The molecular formula is C14H17BrO. The highest BCUT2D eigenvalue weighted by molar-refractivity contribution is 9.09. The Morgan fingerprint density at radius 2 is 1.94 bits per heavy atom. The van der Waals surface area contributed by atoms with E-state index in [2.05, 4.69) is 46.3 Å². The van der Waals surface area contributed by atoms with Crippen LogP contribution < -0.4 is 0 Å². The summed E-state index contributed by atoms with van der Waals surface area (Å²) in [5.41, 5.74) is 1.34. The first-order valence-corrected chi connectivity index (χ1v) is 7.10. The van der Waals surface area contributed by atoms with Crippen LogP contribution in [0.2, 0.25) is 0 Å². The van der Waals surface area contributed by atoms with E-state index in [9.17, 15) is 0 Å². The molecule has 1 aromatic carbocycles. The molecule has 1 aliphatic carbocycles. The molecular weight excluding hydrogens is 264 g/mol. The fraction of sp³-hybridized carbons (Fsp3) is 0.571. The van der Waals surface area contributed by atoms with E-state index in [-0.39, 0.29) is 0 Å². The number of hydrogen-bond donors (Lipinski definition) is 0. The summed E-state index contributed by atoms with van der Waals surface area (Å²) in [6.07, 6.45) is 5.94. The van der Waals surface area contributed by atoms with Crippen molar-refractivity contribution < 1.29 is 4.74 Å². The number of alkyl halides is 1. The standard InChI is InChI=1S/C14H17BrO/c15-12-8-4-7-11-9-13(16-14(11)12)10-5-2-1-3-6-10/h1-3,5-6,11-14H,4,7-9H2/t11-,12+,13-,14+/m0/s1. The summed E-state index contributed by atoms with van der Waals surface area (Å²) in [5.74, 6) is 0.767. The van der Waals surface area contributed by atoms with Gasteiger partial charge in [0.15, 0.2) is 0 Å². The number of fused-ring (bicyclic) bond motifs is 1. The van der Waals surface area contributed by atoms with Gasteiger partial charge in [0, 0.05) is 4.83 Å². The van der Waals surface area contributed by atoms with Gasteiger partial charge in [0.05, 0.1) is 12.2 Å². The van der Waals surface area contributed by atoms with Gasteiger partial charge in [-0.1, -0.05) is 52.7 Å². The summed E-state index contributed by atoms with van der Waals surface area (Å²) in [5, 5.41) is 0. The van der Waals surface area contributed by atoms with Crippen LogP contribution in [0.1, 0.15) is 37.4 Å². The van der Waals surface area contributed by atoms with Crippen LogP contribution in [0.4, 0.5) is 0 Å². The molecule has 1 nitrogen and oxygen atoms in total. The van der Waals surface area contributed by atoms with Crippen LogP contribution in [0.3, 0.4) is 0 Å². The molecule has 86 valence electrons. The van der Waals surface area contributed by atoms with E-state index >= 15 is 0 Å². The van der Waals surface area contributed by atoms with Crippen LogP contribution >= 0.6 is 15.9 Å². The van der Waals surface area contributed by atoms with Crippen LogP contribution in [-0.4, -0.2) is 10.9 Å². The van der Waals surface area contributed by atoms with Crippen molar-refractivity contribution in [3.63, 3.8) is 0 Å². The molecule has 1 saturated heterocycles. The molecule has 0 amide bonds. The van der Waals surface area contributed by atoms with E-state index < -0.39 is 0 Å². The number of halogens is 1.